The summed E-state index contributed by atoms with van der Waals surface area (Å²) in [5.41, 5.74) is 0. The first-order chi connectivity index (χ1) is 2.41. The largest absolute Gasteiger partial charge is 0.299 e. The first kappa shape index (κ1) is 5.02. The van der Waals surface area contributed by atoms with Crippen LogP contribution in [0.2, 0.25) is 0 Å². The molecule has 1 radical (unpaired) electrons. The van der Waals surface area contributed by atoms with E-state index in [2.05, 4.69) is 15.9 Å². The second kappa shape index (κ2) is 4.02. The lowest BCUT2D eigenvalue weighted by Crippen LogP contribution is -1.51. The Morgan fingerprint density at radius 3 is 2.40 bits per heavy atom. The maximum atomic E-state index is 9.32. The van der Waals surface area contributed by atoms with Crippen molar-refractivity contribution in [2.24, 2.45) is 0 Å². The molecule has 0 spiro atoms. The third-order valence-electron chi connectivity index (χ3n) is 0.185. The molecule has 29 valence electrons. The van der Waals surface area contributed by atoms with Gasteiger partial charge < -0.3 is 0 Å². The van der Waals surface area contributed by atoms with Crippen molar-refractivity contribution in [2.45, 2.75) is 0 Å². The number of allylic oxidation sites excluding steroid dienone is 1. The van der Waals surface area contributed by atoms with E-state index in [0.29, 0.717) is 5.33 Å². The predicted molar refractivity (Wildman–Crippen MR) is 23.6 cm³/mol. The van der Waals surface area contributed by atoms with E-state index in [1.54, 1.807) is 0 Å². The minimum atomic E-state index is 0.663. The normalized spacial score (nSPS) is 9.80. The molecule has 0 saturated carbocycles. The van der Waals surface area contributed by atoms with E-state index in [4.69, 9.17) is 0 Å². The van der Waals surface area contributed by atoms with Crippen molar-refractivity contribution in [3.8, 4) is 0 Å². The van der Waals surface area contributed by atoms with Gasteiger partial charge in [0.05, 0.1) is 0 Å². The topological polar surface area (TPSA) is 19.9 Å². The number of rotatable bonds is 1. The van der Waals surface area contributed by atoms with Gasteiger partial charge in [0.15, 0.2) is 0 Å². The molecule has 0 aromatic heterocycles. The van der Waals surface area contributed by atoms with Gasteiger partial charge in [-0.1, -0.05) is 15.9 Å². The minimum Gasteiger partial charge on any atom is -0.299 e. The molecule has 0 aliphatic heterocycles. The zero-order valence-corrected chi connectivity index (χ0v) is 4.23. The van der Waals surface area contributed by atoms with Crippen molar-refractivity contribution in [2.75, 3.05) is 5.33 Å². The summed E-state index contributed by atoms with van der Waals surface area (Å²) in [6.07, 6.45) is 2.24. The molecule has 0 atom stereocenters. The lowest BCUT2D eigenvalue weighted by atomic mass is 10.7. The fourth-order valence-corrected chi connectivity index (χ4v) is 0.189. The smallest absolute Gasteiger partial charge is 0.139 e. The molecule has 0 N–H and O–H groups in total. The van der Waals surface area contributed by atoms with Crippen LogP contribution in [0.3, 0.4) is 0 Å². The van der Waals surface area contributed by atoms with Gasteiger partial charge in [0.2, 0.25) is 0 Å². The van der Waals surface area contributed by atoms with Crippen molar-refractivity contribution in [1.29, 1.82) is 0 Å². The van der Waals surface area contributed by atoms with Gasteiger partial charge in [-0.15, -0.1) is 0 Å². The van der Waals surface area contributed by atoms with Gasteiger partial charge in [-0.2, -0.15) is 0 Å². The molecule has 0 amide bonds. The van der Waals surface area contributed by atoms with Crippen LogP contribution in [-0.4, -0.2) is 5.33 Å². The van der Waals surface area contributed by atoms with E-state index in [0.717, 1.165) is 6.26 Å². The Balaban J connectivity index is 2.62. The Morgan fingerprint density at radius 1 is 1.80 bits per heavy atom. The second-order valence-electron chi connectivity index (χ2n) is 0.526. The highest BCUT2D eigenvalue weighted by Gasteiger charge is 1.58. The molecule has 0 rings (SSSR count). The summed E-state index contributed by atoms with van der Waals surface area (Å²) in [5, 5.41) is 9.98. The summed E-state index contributed by atoms with van der Waals surface area (Å²) in [4.78, 5) is 0. The van der Waals surface area contributed by atoms with Gasteiger partial charge >= 0.3 is 0 Å². The van der Waals surface area contributed by atoms with Crippen LogP contribution in [0.5, 0.6) is 0 Å². The van der Waals surface area contributed by atoms with Crippen LogP contribution < -0.4 is 0 Å². The molecular weight excluding hydrogens is 132 g/mol. The first-order valence-electron chi connectivity index (χ1n) is 1.24. The van der Waals surface area contributed by atoms with Crippen LogP contribution >= 0.6 is 15.9 Å². The fraction of sp³-hybridized carbons (Fsp3) is 0.333. The molecule has 0 unspecified atom stereocenters. The highest BCUT2D eigenvalue weighted by molar-refractivity contribution is 9.09. The zero-order chi connectivity index (χ0) is 4.12. The van der Waals surface area contributed by atoms with Gasteiger partial charge in [-0.05, 0) is 6.08 Å². The minimum absolute atomic E-state index is 0.663. The predicted octanol–water partition coefficient (Wildman–Crippen LogP) is 1.33. The van der Waals surface area contributed by atoms with Crippen molar-refractivity contribution >= 4 is 15.9 Å². The molecule has 0 fully saturated rings. The Hall–Kier alpha value is 0.0200. The third-order valence-corrected chi connectivity index (χ3v) is 0.559. The van der Waals surface area contributed by atoms with E-state index in [1.807, 2.05) is 0 Å². The number of hydrogen-bond donors (Lipinski definition) is 0. The molecule has 0 heterocycles. The molecule has 0 bridgehead atoms. The van der Waals surface area contributed by atoms with Gasteiger partial charge in [-0.25, -0.2) is 0 Å². The van der Waals surface area contributed by atoms with Gasteiger partial charge in [-0.3, -0.25) is 5.11 Å². The van der Waals surface area contributed by atoms with Crippen LogP contribution in [0, 0.1) is 0 Å². The quantitative estimate of drug-likeness (QED) is 0.382. The highest BCUT2D eigenvalue weighted by Crippen LogP contribution is 1.76. The molecule has 2 heteroatoms. The van der Waals surface area contributed by atoms with Crippen molar-refractivity contribution in [3.05, 3.63) is 12.3 Å². The lowest BCUT2D eigenvalue weighted by molar-refractivity contribution is 0.351. The lowest BCUT2D eigenvalue weighted by Gasteiger charge is -1.60. The molecule has 0 aliphatic rings. The molecule has 0 aromatic rings. The van der Waals surface area contributed by atoms with Crippen LogP contribution in [-0.2, 0) is 5.11 Å². The summed E-state index contributed by atoms with van der Waals surface area (Å²) in [6, 6.07) is 0. The van der Waals surface area contributed by atoms with Crippen LogP contribution in [0.15, 0.2) is 12.3 Å². The average Bonchev–Trinajstić information content (AvgIpc) is 1.41. The Bertz CT molecular complexity index is 33.9. The highest BCUT2D eigenvalue weighted by atomic mass is 79.9. The average molecular weight is 136 g/mol. The Morgan fingerprint density at radius 2 is 2.40 bits per heavy atom. The number of alkyl halides is 1. The van der Waals surface area contributed by atoms with Crippen molar-refractivity contribution in [1.82, 2.24) is 0 Å². The SMILES string of the molecule is [O]C=CCBr. The number of hydrogen-bond acceptors (Lipinski definition) is 0. The number of halogens is 1. The summed E-state index contributed by atoms with van der Waals surface area (Å²) in [7, 11) is 0. The van der Waals surface area contributed by atoms with E-state index < -0.39 is 0 Å². The van der Waals surface area contributed by atoms with Crippen LogP contribution in [0.1, 0.15) is 0 Å². The molecule has 0 aliphatic carbocycles. The van der Waals surface area contributed by atoms with E-state index in [9.17, 15) is 5.11 Å². The second-order valence-corrected chi connectivity index (χ2v) is 1.17. The summed E-state index contributed by atoms with van der Waals surface area (Å²) < 4.78 is 0. The zero-order valence-electron chi connectivity index (χ0n) is 2.65. The molecule has 0 saturated heterocycles. The maximum Gasteiger partial charge on any atom is 0.139 e. The van der Waals surface area contributed by atoms with Crippen molar-refractivity contribution < 1.29 is 5.11 Å². The summed E-state index contributed by atoms with van der Waals surface area (Å²) in [6.45, 7) is 0. The molecule has 1 nitrogen and oxygen atoms in total. The van der Waals surface area contributed by atoms with Crippen LogP contribution in [0.25, 0.3) is 0 Å². The van der Waals surface area contributed by atoms with Gasteiger partial charge in [0.1, 0.15) is 6.26 Å². The summed E-state index contributed by atoms with van der Waals surface area (Å²) in [5.74, 6) is 0. The standard InChI is InChI=1S/C3H4BrO/c4-2-1-3-5/h1,3H,2H2. The first-order valence-corrected chi connectivity index (χ1v) is 2.37. The van der Waals surface area contributed by atoms with Crippen LogP contribution in [0.4, 0.5) is 0 Å². The fourth-order valence-electron chi connectivity index (χ4n) is 0.0364. The summed E-state index contributed by atoms with van der Waals surface area (Å²) >= 11 is 3.02. The monoisotopic (exact) mass is 135 g/mol. The Labute approximate surface area is 39.4 Å². The molecule has 5 heavy (non-hydrogen) atoms. The molecular formula is C3H4BrO. The molecule has 0 aromatic carbocycles. The van der Waals surface area contributed by atoms with Gasteiger partial charge in [0.25, 0.3) is 0 Å². The Kier molecular flexibility index (Phi) is 4.04. The van der Waals surface area contributed by atoms with Gasteiger partial charge in [0, 0.05) is 5.33 Å². The van der Waals surface area contributed by atoms with E-state index >= 15 is 0 Å². The third kappa shape index (κ3) is 4.02. The maximum absolute atomic E-state index is 9.32. The van der Waals surface area contributed by atoms with E-state index in [1.165, 1.54) is 6.08 Å². The van der Waals surface area contributed by atoms with E-state index in [-0.39, 0.29) is 0 Å². The van der Waals surface area contributed by atoms with Crippen molar-refractivity contribution in [3.63, 3.8) is 0 Å².